The minimum Gasteiger partial charge on any atom is -0.444 e. The van der Waals surface area contributed by atoms with Gasteiger partial charge in [0.1, 0.15) is 5.60 Å². The number of nitrogens with zero attached hydrogens (tertiary/aromatic N) is 1. The van der Waals surface area contributed by atoms with Crippen LogP contribution in [0.5, 0.6) is 0 Å². The maximum absolute atomic E-state index is 12.3. The molecule has 1 aromatic heterocycles. The topological polar surface area (TPSA) is 41.6 Å². The van der Waals surface area contributed by atoms with Crippen LogP contribution >= 0.6 is 11.3 Å². The number of hydrogen-bond donors (Lipinski definition) is 1. The molecule has 0 unspecified atom stereocenters. The zero-order valence-electron chi connectivity index (χ0n) is 14.7. The number of likely N-dealkylation sites (tertiary alicyclic amines) is 1. The third-order valence-corrected chi connectivity index (χ3v) is 5.28. The van der Waals surface area contributed by atoms with Crippen LogP contribution in [-0.2, 0) is 11.3 Å². The van der Waals surface area contributed by atoms with E-state index in [0.717, 1.165) is 32.5 Å². The predicted molar refractivity (Wildman–Crippen MR) is 99.5 cm³/mol. The summed E-state index contributed by atoms with van der Waals surface area (Å²) in [6.45, 7) is 8.19. The highest BCUT2D eigenvalue weighted by Crippen LogP contribution is 2.25. The van der Waals surface area contributed by atoms with Crippen molar-refractivity contribution in [2.75, 3.05) is 13.1 Å². The highest BCUT2D eigenvalue weighted by Gasteiger charge is 2.31. The van der Waals surface area contributed by atoms with Crippen molar-refractivity contribution in [1.82, 2.24) is 10.2 Å². The van der Waals surface area contributed by atoms with Crippen molar-refractivity contribution in [3.8, 4) is 0 Å². The summed E-state index contributed by atoms with van der Waals surface area (Å²) in [4.78, 5) is 15.5. The third kappa shape index (κ3) is 4.28. The summed E-state index contributed by atoms with van der Waals surface area (Å²) in [5.41, 5.74) is -0.436. The van der Waals surface area contributed by atoms with E-state index in [1.54, 1.807) is 0 Å². The lowest BCUT2D eigenvalue weighted by Crippen LogP contribution is -2.43. The van der Waals surface area contributed by atoms with E-state index in [9.17, 15) is 4.79 Å². The summed E-state index contributed by atoms with van der Waals surface area (Å²) in [6.07, 6.45) is 1.90. The summed E-state index contributed by atoms with van der Waals surface area (Å²) in [5, 5.41) is 4.81. The highest BCUT2D eigenvalue weighted by atomic mass is 32.1. The molecule has 1 aromatic carbocycles. The van der Waals surface area contributed by atoms with Gasteiger partial charge in [0.2, 0.25) is 0 Å². The molecule has 5 heteroatoms. The Hall–Kier alpha value is -1.59. The van der Waals surface area contributed by atoms with Gasteiger partial charge in [0.15, 0.2) is 0 Å². The highest BCUT2D eigenvalue weighted by molar-refractivity contribution is 7.19. The molecule has 130 valence electrons. The van der Waals surface area contributed by atoms with E-state index in [2.05, 4.69) is 35.6 Å². The van der Waals surface area contributed by atoms with Gasteiger partial charge >= 0.3 is 6.09 Å². The quantitative estimate of drug-likeness (QED) is 0.893. The van der Waals surface area contributed by atoms with E-state index >= 15 is 0 Å². The molecule has 24 heavy (non-hydrogen) atoms. The van der Waals surface area contributed by atoms with Gasteiger partial charge in [0.25, 0.3) is 0 Å². The van der Waals surface area contributed by atoms with Crippen LogP contribution in [0.4, 0.5) is 4.79 Å². The summed E-state index contributed by atoms with van der Waals surface area (Å²) in [7, 11) is 0. The van der Waals surface area contributed by atoms with Gasteiger partial charge in [-0.15, -0.1) is 11.3 Å². The molecule has 0 bridgehead atoms. The van der Waals surface area contributed by atoms with Gasteiger partial charge in [0, 0.05) is 35.3 Å². The molecule has 1 amide bonds. The fraction of sp³-hybridized carbons (Fsp3) is 0.526. The Balaban J connectivity index is 1.52. The first-order valence-electron chi connectivity index (χ1n) is 8.60. The van der Waals surface area contributed by atoms with Crippen molar-refractivity contribution in [3.05, 3.63) is 35.2 Å². The van der Waals surface area contributed by atoms with Crippen LogP contribution in [0, 0.1) is 0 Å². The standard InChI is InChI=1S/C19H26N2O2S/c1-19(2,3)23-18(22)21-10-6-8-15(21)12-20-13-16-11-14-7-4-5-9-17(14)24-16/h4-5,7,9,11,15,20H,6,8,10,12-13H2,1-3H3/t15-/m1/s1. The summed E-state index contributed by atoms with van der Waals surface area (Å²) < 4.78 is 6.84. The van der Waals surface area contributed by atoms with Gasteiger partial charge < -0.3 is 15.0 Å². The minimum atomic E-state index is -0.436. The Morgan fingerprint density at radius 1 is 1.38 bits per heavy atom. The van der Waals surface area contributed by atoms with Crippen molar-refractivity contribution in [3.63, 3.8) is 0 Å². The van der Waals surface area contributed by atoms with Gasteiger partial charge in [-0.3, -0.25) is 0 Å². The van der Waals surface area contributed by atoms with Crippen LogP contribution in [0.3, 0.4) is 0 Å². The monoisotopic (exact) mass is 346 g/mol. The molecule has 0 radical (unpaired) electrons. The third-order valence-electron chi connectivity index (χ3n) is 4.16. The molecule has 1 saturated heterocycles. The van der Waals surface area contributed by atoms with Crippen LogP contribution in [0.1, 0.15) is 38.5 Å². The number of benzene rings is 1. The van der Waals surface area contributed by atoms with Crippen molar-refractivity contribution < 1.29 is 9.53 Å². The van der Waals surface area contributed by atoms with Gasteiger partial charge in [-0.2, -0.15) is 0 Å². The van der Waals surface area contributed by atoms with Crippen LogP contribution < -0.4 is 5.32 Å². The second-order valence-electron chi connectivity index (χ2n) is 7.35. The van der Waals surface area contributed by atoms with Crippen LogP contribution in [0.15, 0.2) is 30.3 Å². The molecule has 0 saturated carbocycles. The molecular formula is C19H26N2O2S. The Labute approximate surface area is 147 Å². The Morgan fingerprint density at radius 3 is 2.92 bits per heavy atom. The molecule has 0 spiro atoms. The van der Waals surface area contributed by atoms with Crippen LogP contribution in [-0.4, -0.2) is 35.7 Å². The lowest BCUT2D eigenvalue weighted by Gasteiger charge is -2.28. The van der Waals surface area contributed by atoms with E-state index < -0.39 is 5.60 Å². The molecular weight excluding hydrogens is 320 g/mol. The summed E-state index contributed by atoms with van der Waals surface area (Å²) in [6, 6.07) is 10.9. The largest absolute Gasteiger partial charge is 0.444 e. The van der Waals surface area contributed by atoms with E-state index in [0.29, 0.717) is 0 Å². The zero-order valence-corrected chi connectivity index (χ0v) is 15.5. The summed E-state index contributed by atoms with van der Waals surface area (Å²) in [5.74, 6) is 0. The predicted octanol–water partition coefficient (Wildman–Crippen LogP) is 4.39. The maximum atomic E-state index is 12.3. The first kappa shape index (κ1) is 17.2. The normalized spacial score (nSPS) is 18.3. The smallest absolute Gasteiger partial charge is 0.410 e. The molecule has 1 aliphatic rings. The number of carbonyl (C=O) groups is 1. The van der Waals surface area contributed by atoms with Crippen molar-refractivity contribution in [2.45, 2.75) is 51.8 Å². The molecule has 2 aromatic rings. The fourth-order valence-corrected chi connectivity index (χ4v) is 4.13. The van der Waals surface area contributed by atoms with E-state index in [-0.39, 0.29) is 12.1 Å². The van der Waals surface area contributed by atoms with Crippen LogP contribution in [0.2, 0.25) is 0 Å². The average Bonchev–Trinajstić information content (AvgIpc) is 3.11. The number of hydrogen-bond acceptors (Lipinski definition) is 4. The molecule has 1 aliphatic heterocycles. The average molecular weight is 346 g/mol. The molecule has 1 atom stereocenters. The number of ether oxygens (including phenoxy) is 1. The number of thiophene rings is 1. The van der Waals surface area contributed by atoms with E-state index in [4.69, 9.17) is 4.74 Å². The minimum absolute atomic E-state index is 0.186. The van der Waals surface area contributed by atoms with Gasteiger partial charge in [-0.25, -0.2) is 4.79 Å². The number of amides is 1. The molecule has 3 rings (SSSR count). The summed E-state index contributed by atoms with van der Waals surface area (Å²) >= 11 is 1.83. The van der Waals surface area contributed by atoms with Crippen LogP contribution in [0.25, 0.3) is 10.1 Å². The molecule has 0 aliphatic carbocycles. The molecule has 1 fully saturated rings. The number of rotatable bonds is 4. The van der Waals surface area contributed by atoms with E-state index in [1.165, 1.54) is 15.0 Å². The second kappa shape index (κ2) is 7.11. The number of fused-ring (bicyclic) bond motifs is 1. The Kier molecular flexibility index (Phi) is 5.11. The van der Waals surface area contributed by atoms with Crippen molar-refractivity contribution in [2.24, 2.45) is 0 Å². The lowest BCUT2D eigenvalue weighted by atomic mass is 10.2. The van der Waals surface area contributed by atoms with Crippen molar-refractivity contribution >= 4 is 27.5 Å². The molecule has 4 nitrogen and oxygen atoms in total. The lowest BCUT2D eigenvalue weighted by molar-refractivity contribution is 0.0226. The first-order chi connectivity index (χ1) is 11.4. The molecule has 1 N–H and O–H groups in total. The number of nitrogens with one attached hydrogen (secondary N) is 1. The maximum Gasteiger partial charge on any atom is 0.410 e. The Morgan fingerprint density at radius 2 is 2.17 bits per heavy atom. The van der Waals surface area contributed by atoms with Gasteiger partial charge in [-0.05, 0) is 51.1 Å². The first-order valence-corrected chi connectivity index (χ1v) is 9.42. The van der Waals surface area contributed by atoms with Crippen molar-refractivity contribution in [1.29, 1.82) is 0 Å². The molecule has 2 heterocycles. The second-order valence-corrected chi connectivity index (χ2v) is 8.52. The van der Waals surface area contributed by atoms with E-state index in [1.807, 2.05) is 37.0 Å². The fourth-order valence-electron chi connectivity index (χ4n) is 3.09. The number of carbonyl (C=O) groups excluding carboxylic acids is 1. The zero-order chi connectivity index (χ0) is 17.2. The Bertz CT molecular complexity index is 672. The van der Waals surface area contributed by atoms with Gasteiger partial charge in [-0.1, -0.05) is 18.2 Å². The van der Waals surface area contributed by atoms with Gasteiger partial charge in [0.05, 0.1) is 0 Å². The SMILES string of the molecule is CC(C)(C)OC(=O)N1CCC[C@@H]1CNCc1cc2ccccc2s1.